The summed E-state index contributed by atoms with van der Waals surface area (Å²) in [5.74, 6) is -0.206. The lowest BCUT2D eigenvalue weighted by Crippen LogP contribution is -2.50. The molecule has 0 aliphatic carbocycles. The Labute approximate surface area is 76.7 Å². The SMILES string of the molecule is CNC(=O)[C@@H]1CCCCN1C(=O)O. The van der Waals surface area contributed by atoms with Crippen LogP contribution in [0.2, 0.25) is 0 Å². The molecule has 0 saturated carbocycles. The van der Waals surface area contributed by atoms with E-state index in [1.54, 1.807) is 0 Å². The molecule has 1 aliphatic heterocycles. The van der Waals surface area contributed by atoms with E-state index in [0.717, 1.165) is 12.8 Å². The summed E-state index contributed by atoms with van der Waals surface area (Å²) in [6.07, 6.45) is 1.39. The second-order valence-electron chi connectivity index (χ2n) is 3.10. The average molecular weight is 186 g/mol. The van der Waals surface area contributed by atoms with Crippen LogP contribution in [0.25, 0.3) is 0 Å². The molecule has 0 spiro atoms. The van der Waals surface area contributed by atoms with Crippen LogP contribution < -0.4 is 5.32 Å². The number of carbonyl (C=O) groups is 2. The first-order valence-corrected chi connectivity index (χ1v) is 4.38. The van der Waals surface area contributed by atoms with Crippen molar-refractivity contribution in [2.45, 2.75) is 25.3 Å². The first-order chi connectivity index (χ1) is 6.16. The summed E-state index contributed by atoms with van der Waals surface area (Å²) >= 11 is 0. The third kappa shape index (κ3) is 2.11. The Kier molecular flexibility index (Phi) is 3.11. The Morgan fingerprint density at radius 1 is 1.46 bits per heavy atom. The lowest BCUT2D eigenvalue weighted by molar-refractivity contribution is -0.126. The van der Waals surface area contributed by atoms with E-state index < -0.39 is 12.1 Å². The van der Waals surface area contributed by atoms with Crippen LogP contribution >= 0.6 is 0 Å². The van der Waals surface area contributed by atoms with Crippen molar-refractivity contribution in [1.82, 2.24) is 10.2 Å². The monoisotopic (exact) mass is 186 g/mol. The van der Waals surface area contributed by atoms with Crippen molar-refractivity contribution in [2.75, 3.05) is 13.6 Å². The van der Waals surface area contributed by atoms with Crippen LogP contribution in [0.15, 0.2) is 0 Å². The van der Waals surface area contributed by atoms with Gasteiger partial charge in [-0.25, -0.2) is 4.79 Å². The molecule has 1 rings (SSSR count). The largest absolute Gasteiger partial charge is 0.465 e. The number of hydrogen-bond donors (Lipinski definition) is 2. The summed E-state index contributed by atoms with van der Waals surface area (Å²) in [6.45, 7) is 0.466. The molecule has 5 nitrogen and oxygen atoms in total. The van der Waals surface area contributed by atoms with Crippen LogP contribution in [0.4, 0.5) is 4.79 Å². The number of amides is 2. The van der Waals surface area contributed by atoms with Crippen LogP contribution in [0.1, 0.15) is 19.3 Å². The van der Waals surface area contributed by atoms with Crippen LogP contribution in [0, 0.1) is 0 Å². The zero-order chi connectivity index (χ0) is 9.84. The van der Waals surface area contributed by atoms with Crippen molar-refractivity contribution < 1.29 is 14.7 Å². The summed E-state index contributed by atoms with van der Waals surface area (Å²) < 4.78 is 0. The Morgan fingerprint density at radius 3 is 2.69 bits per heavy atom. The number of carboxylic acid groups (broad SMARTS) is 1. The Hall–Kier alpha value is -1.26. The minimum Gasteiger partial charge on any atom is -0.465 e. The van der Waals surface area contributed by atoms with Gasteiger partial charge in [0.1, 0.15) is 6.04 Å². The highest BCUT2D eigenvalue weighted by molar-refractivity contribution is 5.85. The van der Waals surface area contributed by atoms with Gasteiger partial charge in [-0.2, -0.15) is 0 Å². The van der Waals surface area contributed by atoms with E-state index in [1.807, 2.05) is 0 Å². The predicted molar refractivity (Wildman–Crippen MR) is 46.4 cm³/mol. The smallest absolute Gasteiger partial charge is 0.407 e. The summed E-state index contributed by atoms with van der Waals surface area (Å²) in [5.41, 5.74) is 0. The highest BCUT2D eigenvalue weighted by Gasteiger charge is 2.30. The van der Waals surface area contributed by atoms with Gasteiger partial charge in [-0.05, 0) is 19.3 Å². The number of rotatable bonds is 1. The average Bonchev–Trinajstić information content (AvgIpc) is 2.16. The van der Waals surface area contributed by atoms with Gasteiger partial charge in [-0.3, -0.25) is 9.69 Å². The molecule has 2 N–H and O–H groups in total. The maximum Gasteiger partial charge on any atom is 0.407 e. The second-order valence-corrected chi connectivity index (χ2v) is 3.10. The molecule has 13 heavy (non-hydrogen) atoms. The summed E-state index contributed by atoms with van der Waals surface area (Å²) in [6, 6.07) is -0.490. The number of nitrogens with zero attached hydrogens (tertiary/aromatic N) is 1. The van der Waals surface area contributed by atoms with Crippen LogP contribution in [0.5, 0.6) is 0 Å². The molecule has 0 aromatic heterocycles. The van der Waals surface area contributed by atoms with Gasteiger partial charge < -0.3 is 10.4 Å². The van der Waals surface area contributed by atoms with Gasteiger partial charge in [-0.15, -0.1) is 0 Å². The molecule has 1 fully saturated rings. The normalized spacial score (nSPS) is 22.5. The zero-order valence-corrected chi connectivity index (χ0v) is 7.62. The maximum absolute atomic E-state index is 11.3. The maximum atomic E-state index is 11.3. The summed E-state index contributed by atoms with van der Waals surface area (Å²) in [5, 5.41) is 11.3. The fourth-order valence-electron chi connectivity index (χ4n) is 1.60. The molecule has 1 atom stereocenters. The van der Waals surface area contributed by atoms with Crippen molar-refractivity contribution in [3.05, 3.63) is 0 Å². The number of likely N-dealkylation sites (N-methyl/N-ethyl adjacent to an activating group) is 1. The van der Waals surface area contributed by atoms with Gasteiger partial charge in [0.15, 0.2) is 0 Å². The summed E-state index contributed by atoms with van der Waals surface area (Å²) in [7, 11) is 1.52. The molecular formula is C8H14N2O3. The number of hydrogen-bond acceptors (Lipinski definition) is 2. The zero-order valence-electron chi connectivity index (χ0n) is 7.62. The molecule has 74 valence electrons. The molecule has 5 heteroatoms. The Bertz CT molecular complexity index is 217. The van der Waals surface area contributed by atoms with E-state index in [2.05, 4.69) is 5.32 Å². The quantitative estimate of drug-likeness (QED) is 0.617. The third-order valence-corrected chi connectivity index (χ3v) is 2.30. The molecular weight excluding hydrogens is 172 g/mol. The fourth-order valence-corrected chi connectivity index (χ4v) is 1.60. The van der Waals surface area contributed by atoms with E-state index in [4.69, 9.17) is 5.11 Å². The van der Waals surface area contributed by atoms with Crippen LogP contribution in [-0.4, -0.2) is 41.6 Å². The van der Waals surface area contributed by atoms with Gasteiger partial charge >= 0.3 is 6.09 Å². The molecule has 0 bridgehead atoms. The standard InChI is InChI=1S/C8H14N2O3/c1-9-7(11)6-4-2-3-5-10(6)8(12)13/h6H,2-5H2,1H3,(H,9,11)(H,12,13)/t6-/m0/s1. The molecule has 0 unspecified atom stereocenters. The van der Waals surface area contributed by atoms with E-state index in [9.17, 15) is 9.59 Å². The molecule has 1 aliphatic rings. The minimum atomic E-state index is -1.01. The minimum absolute atomic E-state index is 0.206. The molecule has 1 heterocycles. The number of nitrogens with one attached hydrogen (secondary N) is 1. The Balaban J connectivity index is 2.67. The van der Waals surface area contributed by atoms with Crippen molar-refractivity contribution in [3.8, 4) is 0 Å². The van der Waals surface area contributed by atoms with E-state index in [0.29, 0.717) is 13.0 Å². The van der Waals surface area contributed by atoms with Crippen molar-refractivity contribution in [3.63, 3.8) is 0 Å². The van der Waals surface area contributed by atoms with Crippen molar-refractivity contribution in [1.29, 1.82) is 0 Å². The first-order valence-electron chi connectivity index (χ1n) is 4.38. The third-order valence-electron chi connectivity index (χ3n) is 2.30. The highest BCUT2D eigenvalue weighted by Crippen LogP contribution is 2.16. The molecule has 2 amide bonds. The molecule has 0 aromatic rings. The lowest BCUT2D eigenvalue weighted by Gasteiger charge is -2.31. The van der Waals surface area contributed by atoms with Crippen LogP contribution in [0.3, 0.4) is 0 Å². The van der Waals surface area contributed by atoms with Crippen LogP contribution in [-0.2, 0) is 4.79 Å². The van der Waals surface area contributed by atoms with Gasteiger partial charge in [-0.1, -0.05) is 0 Å². The Morgan fingerprint density at radius 2 is 2.15 bits per heavy atom. The van der Waals surface area contributed by atoms with E-state index >= 15 is 0 Å². The van der Waals surface area contributed by atoms with E-state index in [1.165, 1.54) is 11.9 Å². The number of carbonyl (C=O) groups excluding carboxylic acids is 1. The molecule has 1 saturated heterocycles. The number of piperidine rings is 1. The van der Waals surface area contributed by atoms with E-state index in [-0.39, 0.29) is 5.91 Å². The molecule has 0 aromatic carbocycles. The highest BCUT2D eigenvalue weighted by atomic mass is 16.4. The van der Waals surface area contributed by atoms with Crippen molar-refractivity contribution in [2.24, 2.45) is 0 Å². The van der Waals surface area contributed by atoms with Gasteiger partial charge in [0.25, 0.3) is 0 Å². The lowest BCUT2D eigenvalue weighted by atomic mass is 10.0. The predicted octanol–water partition coefficient (Wildman–Crippen LogP) is 0.265. The number of likely N-dealkylation sites (tertiary alicyclic amines) is 1. The topological polar surface area (TPSA) is 69.6 Å². The fraction of sp³-hybridized carbons (Fsp3) is 0.750. The summed E-state index contributed by atoms with van der Waals surface area (Å²) in [4.78, 5) is 23.2. The van der Waals surface area contributed by atoms with Gasteiger partial charge in [0.2, 0.25) is 5.91 Å². The first kappa shape index (κ1) is 9.83. The van der Waals surface area contributed by atoms with Gasteiger partial charge in [0.05, 0.1) is 0 Å². The van der Waals surface area contributed by atoms with Gasteiger partial charge in [0, 0.05) is 13.6 Å². The van der Waals surface area contributed by atoms with Crippen molar-refractivity contribution >= 4 is 12.0 Å². The molecule has 0 radical (unpaired) electrons. The second kappa shape index (κ2) is 4.11.